The van der Waals surface area contributed by atoms with Crippen LogP contribution in [0.5, 0.6) is 0 Å². The van der Waals surface area contributed by atoms with E-state index in [0.29, 0.717) is 5.39 Å². The molecule has 0 radical (unpaired) electrons. The Balaban J connectivity index is 2.96. The van der Waals surface area contributed by atoms with Crippen LogP contribution in [-0.2, 0) is 0 Å². The lowest BCUT2D eigenvalue weighted by atomic mass is 10.2. The van der Waals surface area contributed by atoms with E-state index in [4.69, 9.17) is 0 Å². The van der Waals surface area contributed by atoms with Crippen LogP contribution in [0.25, 0.3) is 10.1 Å². The van der Waals surface area contributed by atoms with E-state index in [1.165, 1.54) is 0 Å². The van der Waals surface area contributed by atoms with E-state index in [-0.39, 0.29) is 11.4 Å². The lowest BCUT2D eigenvalue weighted by molar-refractivity contribution is -0.384. The van der Waals surface area contributed by atoms with Crippen LogP contribution in [0.4, 0.5) is 11.4 Å². The summed E-state index contributed by atoms with van der Waals surface area (Å²) in [6.07, 6.45) is 0. The maximum Gasteiger partial charge on any atom is 0.350 e. The number of hydrogen-bond donors (Lipinski definition) is 1. The summed E-state index contributed by atoms with van der Waals surface area (Å²) < 4.78 is 0.204. The van der Waals surface area contributed by atoms with Crippen LogP contribution < -0.4 is 10.1 Å². The fraction of sp³-hybridized carbons (Fsp3) is 0.100. The van der Waals surface area contributed by atoms with Crippen molar-refractivity contribution < 1.29 is 4.92 Å². The van der Waals surface area contributed by atoms with Crippen molar-refractivity contribution in [1.29, 1.82) is 0 Å². The Bertz CT molecular complexity index is 621. The van der Waals surface area contributed by atoms with Crippen molar-refractivity contribution in [1.82, 2.24) is 0 Å². The highest BCUT2D eigenvalue weighted by molar-refractivity contribution is 7.16. The number of nitro groups is 1. The molecule has 1 heterocycles. The molecule has 0 aliphatic rings. The first-order valence-electron chi connectivity index (χ1n) is 4.53. The number of nitrogens with one attached hydrogen (secondary N) is 1. The molecule has 5 nitrogen and oxygen atoms in total. The van der Waals surface area contributed by atoms with Crippen LogP contribution in [0.15, 0.2) is 29.1 Å². The lowest BCUT2D eigenvalue weighted by Crippen LogP contribution is -2.08. The highest BCUT2D eigenvalue weighted by atomic mass is 32.1. The zero-order chi connectivity index (χ0) is 11.7. The second-order valence-corrected chi connectivity index (χ2v) is 4.13. The number of rotatable bonds is 2. The van der Waals surface area contributed by atoms with E-state index in [2.05, 4.69) is 5.32 Å². The van der Waals surface area contributed by atoms with Gasteiger partial charge in [0.1, 0.15) is 5.69 Å². The summed E-state index contributed by atoms with van der Waals surface area (Å²) in [6, 6.07) is 7.10. The lowest BCUT2D eigenvalue weighted by Gasteiger charge is -2.04. The fourth-order valence-corrected chi connectivity index (χ4v) is 2.46. The Kier molecular flexibility index (Phi) is 2.57. The molecule has 0 saturated carbocycles. The van der Waals surface area contributed by atoms with Crippen LogP contribution in [0.1, 0.15) is 0 Å². The Morgan fingerprint density at radius 3 is 2.69 bits per heavy atom. The Hall–Kier alpha value is -1.95. The first-order chi connectivity index (χ1) is 7.65. The van der Waals surface area contributed by atoms with Gasteiger partial charge in [0.25, 0.3) is 0 Å². The summed E-state index contributed by atoms with van der Waals surface area (Å²) >= 11 is 0.889. The fourth-order valence-electron chi connectivity index (χ4n) is 1.56. The predicted molar refractivity (Wildman–Crippen MR) is 64.3 cm³/mol. The molecule has 0 spiro atoms. The smallest absolute Gasteiger partial charge is 0.350 e. The molecule has 2 aromatic rings. The highest BCUT2D eigenvalue weighted by Gasteiger charge is 2.21. The van der Waals surface area contributed by atoms with E-state index in [1.807, 2.05) is 0 Å². The normalized spacial score (nSPS) is 10.3. The first-order valence-corrected chi connectivity index (χ1v) is 5.34. The maximum absolute atomic E-state index is 11.6. The van der Waals surface area contributed by atoms with Crippen molar-refractivity contribution >= 4 is 32.8 Å². The van der Waals surface area contributed by atoms with E-state index in [1.54, 1.807) is 31.3 Å². The molecule has 1 aromatic heterocycles. The minimum Gasteiger partial charge on any atom is -0.382 e. The molecule has 16 heavy (non-hydrogen) atoms. The van der Waals surface area contributed by atoms with Crippen molar-refractivity contribution in [3.8, 4) is 0 Å². The first kappa shape index (κ1) is 10.6. The van der Waals surface area contributed by atoms with Gasteiger partial charge < -0.3 is 5.32 Å². The molecule has 2 rings (SSSR count). The molecule has 0 aliphatic heterocycles. The summed E-state index contributed by atoms with van der Waals surface area (Å²) in [6.45, 7) is 0. The maximum atomic E-state index is 11.6. The van der Waals surface area contributed by atoms with Gasteiger partial charge >= 0.3 is 10.4 Å². The molecule has 0 bridgehead atoms. The Labute approximate surface area is 94.5 Å². The second-order valence-electron chi connectivity index (χ2n) is 3.12. The summed E-state index contributed by atoms with van der Waals surface area (Å²) in [5.74, 6) is 0. The average Bonchev–Trinajstić information content (AvgIpc) is 2.26. The standard InChI is InChI=1S/C10H8N2O3S/c1-11-8-6-4-2-3-5-7(6)16-10(13)9(8)12(14)15/h2-5,11H,1H3. The Morgan fingerprint density at radius 1 is 1.38 bits per heavy atom. The molecule has 0 aliphatic carbocycles. The molecule has 0 fully saturated rings. The van der Waals surface area contributed by atoms with Gasteiger partial charge in [-0.25, -0.2) is 0 Å². The van der Waals surface area contributed by atoms with Gasteiger partial charge in [0.15, 0.2) is 0 Å². The molecule has 0 amide bonds. The number of fused-ring (bicyclic) bond motifs is 1. The largest absolute Gasteiger partial charge is 0.382 e. The third kappa shape index (κ3) is 1.53. The van der Waals surface area contributed by atoms with Crippen molar-refractivity contribution in [3.05, 3.63) is 43.9 Å². The highest BCUT2D eigenvalue weighted by Crippen LogP contribution is 2.31. The zero-order valence-corrected chi connectivity index (χ0v) is 9.21. The van der Waals surface area contributed by atoms with Gasteiger partial charge in [0, 0.05) is 17.1 Å². The minimum atomic E-state index is -0.642. The topological polar surface area (TPSA) is 72.2 Å². The summed E-state index contributed by atoms with van der Waals surface area (Å²) in [5.41, 5.74) is -0.101. The Morgan fingerprint density at radius 2 is 2.06 bits per heavy atom. The molecular weight excluding hydrogens is 228 g/mol. The van der Waals surface area contributed by atoms with Gasteiger partial charge in [0.05, 0.1) is 4.92 Å². The molecule has 0 unspecified atom stereocenters. The second kappa shape index (κ2) is 3.90. The van der Waals surface area contributed by atoms with Gasteiger partial charge in [-0.15, -0.1) is 0 Å². The molecule has 0 saturated heterocycles. The van der Waals surface area contributed by atoms with Crippen LogP contribution in [0.3, 0.4) is 0 Å². The third-order valence-corrected chi connectivity index (χ3v) is 3.18. The van der Waals surface area contributed by atoms with Crippen molar-refractivity contribution in [2.24, 2.45) is 0 Å². The quantitative estimate of drug-likeness (QED) is 0.641. The SMILES string of the molecule is CNc1c([N+](=O)[O-])c(=O)sc2ccccc12. The van der Waals surface area contributed by atoms with Crippen molar-refractivity contribution in [2.45, 2.75) is 0 Å². The van der Waals surface area contributed by atoms with Crippen LogP contribution in [0, 0.1) is 10.1 Å². The van der Waals surface area contributed by atoms with E-state index >= 15 is 0 Å². The van der Waals surface area contributed by atoms with Crippen LogP contribution >= 0.6 is 11.3 Å². The van der Waals surface area contributed by atoms with E-state index < -0.39 is 9.67 Å². The van der Waals surface area contributed by atoms with Crippen LogP contribution in [0.2, 0.25) is 0 Å². The summed E-state index contributed by atoms with van der Waals surface area (Å²) in [4.78, 5) is 21.8. The number of anilines is 1. The third-order valence-electron chi connectivity index (χ3n) is 2.22. The van der Waals surface area contributed by atoms with E-state index in [0.717, 1.165) is 16.0 Å². The van der Waals surface area contributed by atoms with Crippen molar-refractivity contribution in [3.63, 3.8) is 0 Å². The van der Waals surface area contributed by atoms with Gasteiger partial charge in [0.2, 0.25) is 0 Å². The van der Waals surface area contributed by atoms with Crippen molar-refractivity contribution in [2.75, 3.05) is 12.4 Å². The monoisotopic (exact) mass is 236 g/mol. The van der Waals surface area contributed by atoms with Crippen LogP contribution in [-0.4, -0.2) is 12.0 Å². The molecule has 0 atom stereocenters. The van der Waals surface area contributed by atoms with Gasteiger partial charge in [-0.05, 0) is 6.07 Å². The predicted octanol–water partition coefficient (Wildman–Crippen LogP) is 2.21. The molecular formula is C10H8N2O3S. The number of hydrogen-bond acceptors (Lipinski definition) is 5. The molecule has 82 valence electrons. The summed E-state index contributed by atoms with van der Waals surface area (Å²) in [5, 5.41) is 14.2. The number of nitrogens with zero attached hydrogens (tertiary/aromatic N) is 1. The average molecular weight is 236 g/mol. The molecule has 1 N–H and O–H groups in total. The van der Waals surface area contributed by atoms with Gasteiger partial charge in [-0.3, -0.25) is 14.9 Å². The minimum absolute atomic E-state index is 0.282. The van der Waals surface area contributed by atoms with Gasteiger partial charge in [-0.2, -0.15) is 0 Å². The molecule has 1 aromatic carbocycles. The zero-order valence-electron chi connectivity index (χ0n) is 8.39. The molecule has 6 heteroatoms. The van der Waals surface area contributed by atoms with Gasteiger partial charge in [-0.1, -0.05) is 29.5 Å². The summed E-state index contributed by atoms with van der Waals surface area (Å²) in [7, 11) is 1.57. The number of benzene rings is 1. The van der Waals surface area contributed by atoms with E-state index in [9.17, 15) is 14.9 Å².